The fourth-order valence-electron chi connectivity index (χ4n) is 4.48. The zero-order valence-corrected chi connectivity index (χ0v) is 18.1. The SMILES string of the molecule is CC(C)(C)OC(=O)CC1CCN(C2CCN(c3ccc([N+](=O)[O-])cc3F)CC2)CC1. The summed E-state index contributed by atoms with van der Waals surface area (Å²) in [5, 5.41) is 10.8. The number of benzene rings is 1. The number of rotatable bonds is 5. The first-order valence-electron chi connectivity index (χ1n) is 10.8. The van der Waals surface area contributed by atoms with E-state index in [1.165, 1.54) is 12.1 Å². The van der Waals surface area contributed by atoms with Crippen LogP contribution >= 0.6 is 0 Å². The summed E-state index contributed by atoms with van der Waals surface area (Å²) in [6, 6.07) is 4.33. The number of piperidine rings is 2. The van der Waals surface area contributed by atoms with Crippen LogP contribution in [-0.2, 0) is 9.53 Å². The van der Waals surface area contributed by atoms with E-state index in [4.69, 9.17) is 4.74 Å². The van der Waals surface area contributed by atoms with Gasteiger partial charge in [0, 0.05) is 31.6 Å². The van der Waals surface area contributed by atoms with Crippen LogP contribution in [0.4, 0.5) is 15.8 Å². The molecule has 1 aromatic rings. The first kappa shape index (κ1) is 22.5. The average Bonchev–Trinajstić information content (AvgIpc) is 2.67. The Balaban J connectivity index is 1.45. The van der Waals surface area contributed by atoms with Crippen molar-refractivity contribution in [2.75, 3.05) is 31.1 Å². The lowest BCUT2D eigenvalue weighted by atomic mass is 9.91. The molecule has 0 atom stereocenters. The number of hydrogen-bond acceptors (Lipinski definition) is 6. The topological polar surface area (TPSA) is 75.9 Å². The molecule has 8 heteroatoms. The van der Waals surface area contributed by atoms with E-state index in [1.54, 1.807) is 0 Å². The monoisotopic (exact) mass is 421 g/mol. The van der Waals surface area contributed by atoms with Gasteiger partial charge >= 0.3 is 5.97 Å². The van der Waals surface area contributed by atoms with Crippen LogP contribution in [0.3, 0.4) is 0 Å². The largest absolute Gasteiger partial charge is 0.460 e. The summed E-state index contributed by atoms with van der Waals surface area (Å²) in [7, 11) is 0. The van der Waals surface area contributed by atoms with E-state index in [1.807, 2.05) is 25.7 Å². The molecule has 0 spiro atoms. The molecule has 0 saturated carbocycles. The second-order valence-corrected chi connectivity index (χ2v) is 9.38. The van der Waals surface area contributed by atoms with Crippen LogP contribution in [0.5, 0.6) is 0 Å². The molecule has 166 valence electrons. The molecule has 0 aliphatic carbocycles. The highest BCUT2D eigenvalue weighted by molar-refractivity contribution is 5.70. The van der Waals surface area contributed by atoms with Gasteiger partial charge < -0.3 is 14.5 Å². The number of halogens is 1. The van der Waals surface area contributed by atoms with Crippen molar-refractivity contribution in [2.45, 2.75) is 64.5 Å². The molecule has 0 N–H and O–H groups in total. The minimum Gasteiger partial charge on any atom is -0.460 e. The normalized spacial score (nSPS) is 19.7. The number of hydrogen-bond donors (Lipinski definition) is 0. The summed E-state index contributed by atoms with van der Waals surface area (Å²) >= 11 is 0. The van der Waals surface area contributed by atoms with Gasteiger partial charge in [-0.1, -0.05) is 0 Å². The van der Waals surface area contributed by atoms with Gasteiger partial charge in [0.05, 0.1) is 16.7 Å². The number of ether oxygens (including phenoxy) is 1. The Bertz CT molecular complexity index is 764. The van der Waals surface area contributed by atoms with Crippen LogP contribution in [0.15, 0.2) is 18.2 Å². The fourth-order valence-corrected chi connectivity index (χ4v) is 4.48. The van der Waals surface area contributed by atoms with Crippen LogP contribution in [0, 0.1) is 21.8 Å². The second kappa shape index (κ2) is 9.29. The molecule has 0 aromatic heterocycles. The number of nitro groups is 1. The van der Waals surface area contributed by atoms with Gasteiger partial charge in [0.2, 0.25) is 0 Å². The Hall–Kier alpha value is -2.22. The summed E-state index contributed by atoms with van der Waals surface area (Å²) in [5.74, 6) is -0.268. The number of esters is 1. The van der Waals surface area contributed by atoms with E-state index >= 15 is 0 Å². The molecule has 2 aliphatic rings. The van der Waals surface area contributed by atoms with Gasteiger partial charge in [0.15, 0.2) is 5.82 Å². The number of carbonyl (C=O) groups is 1. The van der Waals surface area contributed by atoms with Crippen LogP contribution in [0.25, 0.3) is 0 Å². The maximum Gasteiger partial charge on any atom is 0.306 e. The Morgan fingerprint density at radius 3 is 2.33 bits per heavy atom. The number of non-ortho nitro benzene ring substituents is 1. The van der Waals surface area contributed by atoms with Crippen LogP contribution in [-0.4, -0.2) is 53.6 Å². The molecule has 2 heterocycles. The summed E-state index contributed by atoms with van der Waals surface area (Å²) < 4.78 is 19.7. The minimum atomic E-state index is -0.578. The van der Waals surface area contributed by atoms with Gasteiger partial charge in [-0.25, -0.2) is 4.39 Å². The quantitative estimate of drug-likeness (QED) is 0.404. The zero-order valence-electron chi connectivity index (χ0n) is 18.1. The molecular formula is C22H32FN3O4. The first-order valence-corrected chi connectivity index (χ1v) is 10.8. The highest BCUT2D eigenvalue weighted by atomic mass is 19.1. The minimum absolute atomic E-state index is 0.112. The number of anilines is 1. The van der Waals surface area contributed by atoms with Gasteiger partial charge in [0.1, 0.15) is 5.60 Å². The number of nitrogens with zero attached hydrogens (tertiary/aromatic N) is 3. The predicted octanol–water partition coefficient (Wildman–Crippen LogP) is 4.15. The Kier molecular flexibility index (Phi) is 6.95. The number of likely N-dealkylation sites (tertiary alicyclic amines) is 1. The van der Waals surface area contributed by atoms with Crippen LogP contribution in [0.2, 0.25) is 0 Å². The maximum absolute atomic E-state index is 14.3. The number of nitro benzene ring substituents is 1. The first-order chi connectivity index (χ1) is 14.1. The zero-order chi connectivity index (χ0) is 21.9. The molecule has 2 aliphatic heterocycles. The molecule has 0 radical (unpaired) electrons. The van der Waals surface area contributed by atoms with Gasteiger partial charge in [-0.15, -0.1) is 0 Å². The van der Waals surface area contributed by atoms with E-state index in [-0.39, 0.29) is 11.7 Å². The van der Waals surface area contributed by atoms with Gasteiger partial charge in [0.25, 0.3) is 5.69 Å². The third kappa shape index (κ3) is 5.90. The molecule has 7 nitrogen and oxygen atoms in total. The van der Waals surface area contributed by atoms with Gasteiger partial charge in [-0.3, -0.25) is 14.9 Å². The molecule has 1 aromatic carbocycles. The molecule has 0 bridgehead atoms. The van der Waals surface area contributed by atoms with Gasteiger partial charge in [-0.2, -0.15) is 0 Å². The lowest BCUT2D eigenvalue weighted by molar-refractivity contribution is -0.385. The molecule has 0 unspecified atom stereocenters. The van der Waals surface area contributed by atoms with E-state index in [2.05, 4.69) is 4.90 Å². The van der Waals surface area contributed by atoms with Crippen molar-refractivity contribution in [1.82, 2.24) is 4.90 Å². The Morgan fingerprint density at radius 1 is 1.17 bits per heavy atom. The fraction of sp³-hybridized carbons (Fsp3) is 0.682. The molecule has 2 saturated heterocycles. The predicted molar refractivity (Wildman–Crippen MR) is 113 cm³/mol. The summed E-state index contributed by atoms with van der Waals surface area (Å²) in [5.41, 5.74) is -0.218. The molecule has 0 amide bonds. The van der Waals surface area contributed by atoms with E-state index in [0.717, 1.165) is 57.9 Å². The maximum atomic E-state index is 14.3. The highest BCUT2D eigenvalue weighted by Crippen LogP contribution is 2.30. The summed E-state index contributed by atoms with van der Waals surface area (Å²) in [6.45, 7) is 9.09. The smallest absolute Gasteiger partial charge is 0.306 e. The summed E-state index contributed by atoms with van der Waals surface area (Å²) in [6.07, 6.45) is 4.36. The molecule has 30 heavy (non-hydrogen) atoms. The second-order valence-electron chi connectivity index (χ2n) is 9.38. The van der Waals surface area contributed by atoms with Crippen molar-refractivity contribution < 1.29 is 18.8 Å². The Morgan fingerprint density at radius 2 is 1.80 bits per heavy atom. The third-order valence-electron chi connectivity index (χ3n) is 5.99. The van der Waals surface area contributed by atoms with Crippen molar-refractivity contribution in [2.24, 2.45) is 5.92 Å². The lowest BCUT2D eigenvalue weighted by Crippen LogP contribution is -2.48. The van der Waals surface area contributed by atoms with Crippen molar-refractivity contribution in [3.63, 3.8) is 0 Å². The van der Waals surface area contributed by atoms with Crippen LogP contribution in [0.1, 0.15) is 52.9 Å². The lowest BCUT2D eigenvalue weighted by Gasteiger charge is -2.42. The standard InChI is InChI=1S/C22H32FN3O4/c1-22(2,3)30-21(27)14-16-6-10-24(11-7-16)17-8-12-25(13-9-17)20-5-4-18(26(28)29)15-19(20)23/h4-5,15-17H,6-14H2,1-3H3. The van der Waals surface area contributed by atoms with Crippen molar-refractivity contribution in [3.8, 4) is 0 Å². The molecule has 2 fully saturated rings. The van der Waals surface area contributed by atoms with E-state index in [0.29, 0.717) is 24.1 Å². The number of carbonyl (C=O) groups excluding carboxylic acids is 1. The molecule has 3 rings (SSSR count). The van der Waals surface area contributed by atoms with E-state index < -0.39 is 16.3 Å². The van der Waals surface area contributed by atoms with Crippen molar-refractivity contribution in [3.05, 3.63) is 34.1 Å². The van der Waals surface area contributed by atoms with E-state index in [9.17, 15) is 19.3 Å². The molecular weight excluding hydrogens is 389 g/mol. The Labute approximate surface area is 177 Å². The highest BCUT2D eigenvalue weighted by Gasteiger charge is 2.30. The summed E-state index contributed by atoms with van der Waals surface area (Å²) in [4.78, 5) is 26.7. The van der Waals surface area contributed by atoms with Crippen LogP contribution < -0.4 is 4.90 Å². The van der Waals surface area contributed by atoms with Crippen molar-refractivity contribution >= 4 is 17.3 Å². The average molecular weight is 422 g/mol. The van der Waals surface area contributed by atoms with Gasteiger partial charge in [-0.05, 0) is 71.5 Å². The van der Waals surface area contributed by atoms with Crippen molar-refractivity contribution in [1.29, 1.82) is 0 Å². The third-order valence-corrected chi connectivity index (χ3v) is 5.99.